The van der Waals surface area contributed by atoms with Crippen molar-refractivity contribution in [1.82, 2.24) is 0 Å². The molecule has 0 unspecified atom stereocenters. The molecule has 1 fully saturated rings. The number of benzene rings is 1. The van der Waals surface area contributed by atoms with Crippen molar-refractivity contribution in [3.05, 3.63) is 33.9 Å². The molecule has 5 nitrogen and oxygen atoms in total. The van der Waals surface area contributed by atoms with E-state index < -0.39 is 27.9 Å². The quantitative estimate of drug-likeness (QED) is 0.654. The largest absolute Gasteiger partial charge is 0.373 e. The first-order valence-electron chi connectivity index (χ1n) is 6.15. The summed E-state index contributed by atoms with van der Waals surface area (Å²) in [5, 5.41) is 13.6. The highest BCUT2D eigenvalue weighted by atomic mass is 19.2. The number of rotatable bonds is 3. The van der Waals surface area contributed by atoms with Gasteiger partial charge >= 0.3 is 0 Å². The van der Waals surface area contributed by atoms with Crippen molar-refractivity contribution < 1.29 is 13.7 Å². The van der Waals surface area contributed by atoms with Gasteiger partial charge in [0.15, 0.2) is 17.3 Å². The minimum atomic E-state index is -1.23. The van der Waals surface area contributed by atoms with Crippen LogP contribution in [0.25, 0.3) is 0 Å². The molecular formula is C12H15F2N3O2. The third-order valence-electron chi connectivity index (χ3n) is 3.42. The van der Waals surface area contributed by atoms with Crippen molar-refractivity contribution in [3.8, 4) is 0 Å². The van der Waals surface area contributed by atoms with Crippen LogP contribution in [0.2, 0.25) is 0 Å². The lowest BCUT2D eigenvalue weighted by atomic mass is 9.91. The summed E-state index contributed by atoms with van der Waals surface area (Å²) >= 11 is 0. The van der Waals surface area contributed by atoms with Gasteiger partial charge in [-0.25, -0.2) is 8.78 Å². The summed E-state index contributed by atoms with van der Waals surface area (Å²) < 4.78 is 26.9. The van der Waals surface area contributed by atoms with Crippen LogP contribution in [-0.4, -0.2) is 17.0 Å². The Hall–Kier alpha value is -1.76. The molecule has 3 N–H and O–H groups in total. The molecule has 1 aromatic carbocycles. The number of hydrogen-bond acceptors (Lipinski definition) is 4. The van der Waals surface area contributed by atoms with E-state index in [1.54, 1.807) is 0 Å². The average Bonchev–Trinajstić information content (AvgIpc) is 2.37. The number of nitrogens with one attached hydrogen (secondary N) is 1. The predicted octanol–water partition coefficient (Wildman–Crippen LogP) is 2.55. The molecule has 19 heavy (non-hydrogen) atoms. The molecule has 0 bridgehead atoms. The highest BCUT2D eigenvalue weighted by molar-refractivity contribution is 5.63. The van der Waals surface area contributed by atoms with Crippen molar-refractivity contribution in [3.63, 3.8) is 0 Å². The predicted molar refractivity (Wildman–Crippen MR) is 66.9 cm³/mol. The van der Waals surface area contributed by atoms with Gasteiger partial charge in [-0.05, 0) is 18.9 Å². The molecule has 0 spiro atoms. The fourth-order valence-electron chi connectivity index (χ4n) is 2.35. The number of halogens is 2. The molecular weight excluding hydrogens is 256 g/mol. The monoisotopic (exact) mass is 271 g/mol. The van der Waals surface area contributed by atoms with Crippen LogP contribution in [0, 0.1) is 21.7 Å². The van der Waals surface area contributed by atoms with Crippen LogP contribution in [0.4, 0.5) is 20.2 Å². The van der Waals surface area contributed by atoms with Gasteiger partial charge in [0.2, 0.25) is 0 Å². The Bertz CT molecular complexity index is 496. The van der Waals surface area contributed by atoms with E-state index in [2.05, 4.69) is 5.32 Å². The van der Waals surface area contributed by atoms with Gasteiger partial charge in [0.1, 0.15) is 0 Å². The van der Waals surface area contributed by atoms with Crippen molar-refractivity contribution in [1.29, 1.82) is 0 Å². The van der Waals surface area contributed by atoms with Gasteiger partial charge in [-0.3, -0.25) is 10.1 Å². The SMILES string of the molecule is N[C@@H]1CCCC[C@H]1Nc1c([N+](=O)[O-])ccc(F)c1F. The summed E-state index contributed by atoms with van der Waals surface area (Å²) in [7, 11) is 0. The fraction of sp³-hybridized carbons (Fsp3) is 0.500. The second-order valence-electron chi connectivity index (χ2n) is 4.71. The zero-order valence-electron chi connectivity index (χ0n) is 10.2. The molecule has 2 atom stereocenters. The smallest absolute Gasteiger partial charge is 0.295 e. The van der Waals surface area contributed by atoms with E-state index in [-0.39, 0.29) is 12.1 Å². The molecule has 0 radical (unpaired) electrons. The number of anilines is 1. The van der Waals surface area contributed by atoms with Crippen LogP contribution in [0.5, 0.6) is 0 Å². The van der Waals surface area contributed by atoms with E-state index in [1.807, 2.05) is 0 Å². The summed E-state index contributed by atoms with van der Waals surface area (Å²) in [6, 6.07) is 1.22. The van der Waals surface area contributed by atoms with Crippen molar-refractivity contribution >= 4 is 11.4 Å². The van der Waals surface area contributed by atoms with Crippen molar-refractivity contribution in [2.75, 3.05) is 5.32 Å². The summed E-state index contributed by atoms with van der Waals surface area (Å²) in [5.74, 6) is -2.34. The van der Waals surface area contributed by atoms with Crippen LogP contribution in [0.1, 0.15) is 25.7 Å². The van der Waals surface area contributed by atoms with Gasteiger partial charge in [0.05, 0.1) is 4.92 Å². The van der Waals surface area contributed by atoms with Crippen LogP contribution < -0.4 is 11.1 Å². The third-order valence-corrected chi connectivity index (χ3v) is 3.42. The molecule has 1 saturated carbocycles. The number of nitrogens with two attached hydrogens (primary N) is 1. The zero-order chi connectivity index (χ0) is 14.0. The van der Waals surface area contributed by atoms with Gasteiger partial charge in [0, 0.05) is 18.2 Å². The molecule has 104 valence electrons. The van der Waals surface area contributed by atoms with Gasteiger partial charge in [-0.1, -0.05) is 12.8 Å². The minimum Gasteiger partial charge on any atom is -0.373 e. The molecule has 2 rings (SSSR count). The Labute approximate surface area is 108 Å². The highest BCUT2D eigenvalue weighted by Crippen LogP contribution is 2.31. The Kier molecular flexibility index (Phi) is 3.94. The van der Waals surface area contributed by atoms with E-state index in [0.717, 1.165) is 31.4 Å². The van der Waals surface area contributed by atoms with E-state index >= 15 is 0 Å². The molecule has 1 aliphatic rings. The van der Waals surface area contributed by atoms with Crippen molar-refractivity contribution in [2.45, 2.75) is 37.8 Å². The molecule has 0 aromatic heterocycles. The minimum absolute atomic E-state index is 0.212. The third kappa shape index (κ3) is 2.81. The first-order valence-corrected chi connectivity index (χ1v) is 6.15. The van der Waals surface area contributed by atoms with E-state index in [9.17, 15) is 18.9 Å². The number of nitro groups is 1. The Morgan fingerprint density at radius 1 is 1.32 bits per heavy atom. The van der Waals surface area contributed by atoms with Gasteiger partial charge in [0.25, 0.3) is 5.69 Å². The number of nitro benzene ring substituents is 1. The molecule has 0 saturated heterocycles. The lowest BCUT2D eigenvalue weighted by Crippen LogP contribution is -2.42. The first-order chi connectivity index (χ1) is 9.00. The first kappa shape index (κ1) is 13.7. The molecule has 0 amide bonds. The average molecular weight is 271 g/mol. The van der Waals surface area contributed by atoms with E-state index in [0.29, 0.717) is 6.42 Å². The molecule has 0 heterocycles. The van der Waals surface area contributed by atoms with Crippen LogP contribution in [0.3, 0.4) is 0 Å². The summed E-state index contributed by atoms with van der Waals surface area (Å²) in [4.78, 5) is 10.1. The van der Waals surface area contributed by atoms with Gasteiger partial charge in [-0.15, -0.1) is 0 Å². The van der Waals surface area contributed by atoms with E-state index in [4.69, 9.17) is 5.73 Å². The second kappa shape index (κ2) is 5.48. The molecule has 1 aromatic rings. The maximum absolute atomic E-state index is 13.7. The van der Waals surface area contributed by atoms with Crippen LogP contribution in [-0.2, 0) is 0 Å². The standard InChI is InChI=1S/C12H15F2N3O2/c13-7-5-6-10(17(18)19)12(11(7)14)16-9-4-2-1-3-8(9)15/h5-6,8-9,16H,1-4,15H2/t8-,9-/m1/s1. The topological polar surface area (TPSA) is 81.2 Å². The Morgan fingerprint density at radius 3 is 2.63 bits per heavy atom. The Balaban J connectivity index is 2.32. The lowest BCUT2D eigenvalue weighted by molar-refractivity contribution is -0.384. The van der Waals surface area contributed by atoms with Crippen LogP contribution in [0.15, 0.2) is 12.1 Å². The zero-order valence-corrected chi connectivity index (χ0v) is 10.2. The van der Waals surface area contributed by atoms with E-state index in [1.165, 1.54) is 0 Å². The number of hydrogen-bond donors (Lipinski definition) is 2. The summed E-state index contributed by atoms with van der Waals surface area (Å²) in [6.45, 7) is 0. The Morgan fingerprint density at radius 2 is 2.00 bits per heavy atom. The highest BCUT2D eigenvalue weighted by Gasteiger charge is 2.27. The second-order valence-corrected chi connectivity index (χ2v) is 4.71. The normalized spacial score (nSPS) is 23.1. The van der Waals surface area contributed by atoms with Crippen LogP contribution >= 0.6 is 0 Å². The van der Waals surface area contributed by atoms with Crippen molar-refractivity contribution in [2.24, 2.45) is 5.73 Å². The maximum atomic E-state index is 13.7. The fourth-order valence-corrected chi connectivity index (χ4v) is 2.35. The molecule has 7 heteroatoms. The molecule has 0 aliphatic heterocycles. The number of nitrogens with zero attached hydrogens (tertiary/aromatic N) is 1. The maximum Gasteiger partial charge on any atom is 0.295 e. The lowest BCUT2D eigenvalue weighted by Gasteiger charge is -2.30. The van der Waals surface area contributed by atoms with Gasteiger partial charge in [-0.2, -0.15) is 0 Å². The summed E-state index contributed by atoms with van der Waals surface area (Å²) in [6.07, 6.45) is 3.35. The summed E-state index contributed by atoms with van der Waals surface area (Å²) in [5.41, 5.74) is 5.01. The van der Waals surface area contributed by atoms with Gasteiger partial charge < -0.3 is 11.1 Å². The molecule has 1 aliphatic carbocycles.